The van der Waals surface area contributed by atoms with Crippen molar-refractivity contribution in [1.29, 1.82) is 0 Å². The predicted octanol–water partition coefficient (Wildman–Crippen LogP) is 6.65. The maximum atomic E-state index is 13.6. The van der Waals surface area contributed by atoms with Crippen LogP contribution in [0.1, 0.15) is 55.7 Å². The van der Waals surface area contributed by atoms with Gasteiger partial charge in [0, 0.05) is 16.5 Å². The molecule has 0 aliphatic heterocycles. The molecule has 0 fully saturated rings. The van der Waals surface area contributed by atoms with Crippen LogP contribution in [-0.4, -0.2) is 11.5 Å². The number of aromatic nitrogens is 1. The molecule has 3 aromatic rings. The van der Waals surface area contributed by atoms with Crippen molar-refractivity contribution in [2.24, 2.45) is 5.73 Å². The molecule has 0 aliphatic rings. The quantitative estimate of drug-likeness (QED) is 0.437. The van der Waals surface area contributed by atoms with Gasteiger partial charge in [-0.05, 0) is 67.5 Å². The summed E-state index contributed by atoms with van der Waals surface area (Å²) in [5.41, 5.74) is 8.85. The lowest BCUT2D eigenvalue weighted by molar-refractivity contribution is -0.137. The van der Waals surface area contributed by atoms with Gasteiger partial charge in [0.1, 0.15) is 0 Å². The van der Waals surface area contributed by atoms with Gasteiger partial charge in [-0.25, -0.2) is 0 Å². The van der Waals surface area contributed by atoms with E-state index in [1.54, 1.807) is 12.1 Å². The van der Waals surface area contributed by atoms with E-state index in [4.69, 9.17) is 5.73 Å². The van der Waals surface area contributed by atoms with Crippen LogP contribution in [0.3, 0.4) is 0 Å². The molecule has 28 heavy (non-hydrogen) atoms. The fourth-order valence-corrected chi connectivity index (χ4v) is 3.69. The molecule has 0 bridgehead atoms. The first-order chi connectivity index (χ1) is 13.4. The van der Waals surface area contributed by atoms with Crippen LogP contribution in [-0.2, 0) is 12.6 Å². The number of benzene rings is 2. The Morgan fingerprint density at radius 2 is 1.82 bits per heavy atom. The average molecular weight is 388 g/mol. The van der Waals surface area contributed by atoms with Gasteiger partial charge in [-0.15, -0.1) is 0 Å². The molecule has 150 valence electrons. The van der Waals surface area contributed by atoms with E-state index in [2.05, 4.69) is 31.0 Å². The summed E-state index contributed by atoms with van der Waals surface area (Å²) >= 11 is 0. The van der Waals surface area contributed by atoms with Gasteiger partial charge in [0.2, 0.25) is 0 Å². The van der Waals surface area contributed by atoms with Gasteiger partial charge >= 0.3 is 6.18 Å². The molecule has 0 aliphatic carbocycles. The van der Waals surface area contributed by atoms with Crippen LogP contribution in [0, 0.1) is 0 Å². The highest BCUT2D eigenvalue weighted by atomic mass is 19.4. The first-order valence-corrected chi connectivity index (χ1v) is 9.88. The number of hydrogen-bond acceptors (Lipinski definition) is 1. The molecule has 1 aromatic heterocycles. The van der Waals surface area contributed by atoms with E-state index >= 15 is 0 Å². The summed E-state index contributed by atoms with van der Waals surface area (Å²) in [5.74, 6) is 0.405. The van der Waals surface area contributed by atoms with Crippen LogP contribution in [0.15, 0.2) is 42.5 Å². The number of unbranched alkanes of at least 4 members (excludes halogenated alkanes) is 1. The third-order valence-corrected chi connectivity index (χ3v) is 5.49. The predicted molar refractivity (Wildman–Crippen MR) is 109 cm³/mol. The number of fused-ring (bicyclic) bond motifs is 1. The number of halogens is 3. The van der Waals surface area contributed by atoms with Crippen molar-refractivity contribution in [2.75, 3.05) is 6.54 Å². The SMILES string of the molecule is CCC(C)c1ccc2[nH]c(-c3ccccc3C(F)(F)F)c(CCCCN)c2c1. The zero-order valence-electron chi connectivity index (χ0n) is 16.4. The standard InChI is InChI=1S/C23H27F3N2/c1-3-15(2)16-11-12-21-19(14-16)17(8-6-7-13-27)22(28-21)18-9-4-5-10-20(18)23(24,25)26/h4-5,9-12,14-15,28H,3,6-8,13,27H2,1-2H3. The smallest absolute Gasteiger partial charge is 0.354 e. The third kappa shape index (κ3) is 4.09. The Bertz CT molecular complexity index is 941. The van der Waals surface area contributed by atoms with E-state index in [1.165, 1.54) is 11.6 Å². The van der Waals surface area contributed by atoms with Crippen molar-refractivity contribution in [3.8, 4) is 11.3 Å². The highest BCUT2D eigenvalue weighted by molar-refractivity contribution is 5.92. The van der Waals surface area contributed by atoms with Crippen LogP contribution >= 0.6 is 0 Å². The van der Waals surface area contributed by atoms with E-state index in [0.717, 1.165) is 41.8 Å². The van der Waals surface area contributed by atoms with Crippen molar-refractivity contribution in [3.63, 3.8) is 0 Å². The van der Waals surface area contributed by atoms with E-state index in [9.17, 15) is 13.2 Å². The van der Waals surface area contributed by atoms with Crippen molar-refractivity contribution >= 4 is 10.9 Å². The van der Waals surface area contributed by atoms with Crippen LogP contribution in [0.2, 0.25) is 0 Å². The maximum absolute atomic E-state index is 13.6. The Morgan fingerprint density at radius 1 is 1.07 bits per heavy atom. The van der Waals surface area contributed by atoms with E-state index in [-0.39, 0.29) is 5.56 Å². The third-order valence-electron chi connectivity index (χ3n) is 5.49. The molecule has 1 unspecified atom stereocenters. The number of H-pyrrole nitrogens is 1. The number of nitrogens with one attached hydrogen (secondary N) is 1. The van der Waals surface area contributed by atoms with Crippen molar-refractivity contribution in [2.45, 2.75) is 51.6 Å². The Morgan fingerprint density at radius 3 is 2.50 bits per heavy atom. The maximum Gasteiger partial charge on any atom is 0.417 e. The molecule has 3 rings (SSSR count). The number of aromatic amines is 1. The summed E-state index contributed by atoms with van der Waals surface area (Å²) in [6.07, 6.45) is -0.995. The first-order valence-electron chi connectivity index (χ1n) is 9.88. The van der Waals surface area contributed by atoms with Gasteiger partial charge in [0.25, 0.3) is 0 Å². The second-order valence-corrected chi connectivity index (χ2v) is 7.38. The van der Waals surface area contributed by atoms with Gasteiger partial charge in [0.15, 0.2) is 0 Å². The monoisotopic (exact) mass is 388 g/mol. The summed E-state index contributed by atoms with van der Waals surface area (Å²) < 4.78 is 40.8. The van der Waals surface area contributed by atoms with Crippen LogP contribution in [0.5, 0.6) is 0 Å². The second-order valence-electron chi connectivity index (χ2n) is 7.38. The fourth-order valence-electron chi connectivity index (χ4n) is 3.69. The number of hydrogen-bond donors (Lipinski definition) is 2. The Balaban J connectivity index is 2.21. The molecule has 3 N–H and O–H groups in total. The number of alkyl halides is 3. The molecule has 0 saturated carbocycles. The van der Waals surface area contributed by atoms with Crippen molar-refractivity contribution in [1.82, 2.24) is 4.98 Å². The van der Waals surface area contributed by atoms with Crippen LogP contribution in [0.25, 0.3) is 22.2 Å². The first kappa shape index (κ1) is 20.5. The molecular formula is C23H27F3N2. The number of rotatable bonds is 7. The van der Waals surface area contributed by atoms with E-state index in [1.807, 2.05) is 6.07 Å². The molecule has 2 aromatic carbocycles. The summed E-state index contributed by atoms with van der Waals surface area (Å²) in [7, 11) is 0. The second kappa shape index (κ2) is 8.39. The Labute approximate surface area is 164 Å². The van der Waals surface area contributed by atoms with Gasteiger partial charge in [-0.1, -0.05) is 38.1 Å². The highest BCUT2D eigenvalue weighted by Crippen LogP contribution is 2.40. The average Bonchev–Trinajstić information content (AvgIpc) is 3.04. The molecule has 1 atom stereocenters. The number of aryl methyl sites for hydroxylation is 1. The largest absolute Gasteiger partial charge is 0.417 e. The minimum atomic E-state index is -4.40. The lowest BCUT2D eigenvalue weighted by atomic mass is 9.93. The normalized spacial score (nSPS) is 13.2. The molecule has 0 saturated heterocycles. The van der Waals surface area contributed by atoms with Crippen molar-refractivity contribution < 1.29 is 13.2 Å². The molecule has 0 radical (unpaired) electrons. The molecule has 0 spiro atoms. The Kier molecular flexibility index (Phi) is 6.14. The van der Waals surface area contributed by atoms with Crippen molar-refractivity contribution in [3.05, 3.63) is 59.2 Å². The topological polar surface area (TPSA) is 41.8 Å². The molecular weight excluding hydrogens is 361 g/mol. The molecule has 5 heteroatoms. The summed E-state index contributed by atoms with van der Waals surface area (Å²) in [4.78, 5) is 3.27. The number of nitrogens with two attached hydrogens (primary N) is 1. The summed E-state index contributed by atoms with van der Waals surface area (Å²) in [5, 5.41) is 1.02. The summed E-state index contributed by atoms with van der Waals surface area (Å²) in [6.45, 7) is 4.88. The zero-order valence-corrected chi connectivity index (χ0v) is 16.4. The fraction of sp³-hybridized carbons (Fsp3) is 0.391. The zero-order chi connectivity index (χ0) is 20.3. The van der Waals surface area contributed by atoms with E-state index in [0.29, 0.717) is 24.6 Å². The molecule has 2 nitrogen and oxygen atoms in total. The van der Waals surface area contributed by atoms with Gasteiger partial charge < -0.3 is 10.7 Å². The summed E-state index contributed by atoms with van der Waals surface area (Å²) in [6, 6.07) is 12.0. The van der Waals surface area contributed by atoms with Crippen LogP contribution < -0.4 is 5.73 Å². The minimum absolute atomic E-state index is 0.207. The minimum Gasteiger partial charge on any atom is -0.354 e. The Hall–Kier alpha value is -2.27. The van der Waals surface area contributed by atoms with Gasteiger partial charge in [-0.2, -0.15) is 13.2 Å². The van der Waals surface area contributed by atoms with Gasteiger partial charge in [0.05, 0.1) is 11.3 Å². The lowest BCUT2D eigenvalue weighted by Crippen LogP contribution is -2.07. The molecule has 0 amide bonds. The highest BCUT2D eigenvalue weighted by Gasteiger charge is 2.34. The molecule has 1 heterocycles. The van der Waals surface area contributed by atoms with Crippen LogP contribution in [0.4, 0.5) is 13.2 Å². The van der Waals surface area contributed by atoms with E-state index < -0.39 is 11.7 Å². The lowest BCUT2D eigenvalue weighted by Gasteiger charge is -2.13. The van der Waals surface area contributed by atoms with Gasteiger partial charge in [-0.3, -0.25) is 0 Å².